The number of ether oxygens (including phenoxy) is 1. The minimum Gasteiger partial charge on any atom is -0.491 e. The van der Waals surface area contributed by atoms with E-state index in [2.05, 4.69) is 10.3 Å². The van der Waals surface area contributed by atoms with E-state index in [1.807, 2.05) is 31.2 Å². The molecule has 0 amide bonds. The summed E-state index contributed by atoms with van der Waals surface area (Å²) in [4.78, 5) is 3.52. The summed E-state index contributed by atoms with van der Waals surface area (Å²) >= 11 is 0.476. The summed E-state index contributed by atoms with van der Waals surface area (Å²) in [7, 11) is 0. The van der Waals surface area contributed by atoms with Crippen LogP contribution >= 0.6 is 11.3 Å². The zero-order valence-corrected chi connectivity index (χ0v) is 15.9. The van der Waals surface area contributed by atoms with Crippen molar-refractivity contribution in [2.45, 2.75) is 38.1 Å². The number of aliphatic hydroxyl groups excluding tert-OH is 1. The van der Waals surface area contributed by atoms with E-state index in [0.29, 0.717) is 23.5 Å². The average molecular weight is 404 g/mol. The van der Waals surface area contributed by atoms with Crippen molar-refractivity contribution < 1.29 is 28.1 Å². The predicted molar refractivity (Wildman–Crippen MR) is 96.9 cm³/mol. The number of rotatable bonds is 9. The van der Waals surface area contributed by atoms with Gasteiger partial charge in [0, 0.05) is 18.0 Å². The minimum absolute atomic E-state index is 0.00455. The van der Waals surface area contributed by atoms with Crippen molar-refractivity contribution in [2.24, 2.45) is 0 Å². The number of nitrogens with one attached hydrogen (secondary N) is 1. The maximum atomic E-state index is 12.7. The minimum atomic E-state index is -4.51. The number of hydrogen-bond acceptors (Lipinski definition) is 6. The summed E-state index contributed by atoms with van der Waals surface area (Å²) in [5.74, 6) is 0.667. The van der Waals surface area contributed by atoms with Gasteiger partial charge in [-0.15, -0.1) is 11.3 Å². The van der Waals surface area contributed by atoms with Gasteiger partial charge in [0.05, 0.1) is 12.3 Å². The Morgan fingerprint density at radius 3 is 2.48 bits per heavy atom. The number of hydrogen-bond donors (Lipinski definition) is 3. The van der Waals surface area contributed by atoms with Crippen molar-refractivity contribution in [1.82, 2.24) is 10.3 Å². The van der Waals surface area contributed by atoms with Crippen LogP contribution in [0.15, 0.2) is 29.6 Å². The topological polar surface area (TPSA) is 74.6 Å². The van der Waals surface area contributed by atoms with Crippen LogP contribution in [-0.4, -0.2) is 41.0 Å². The highest BCUT2D eigenvalue weighted by Gasteiger charge is 2.37. The lowest BCUT2D eigenvalue weighted by molar-refractivity contribution is -0.137. The number of benzene rings is 1. The first-order valence-electron chi connectivity index (χ1n) is 8.43. The van der Waals surface area contributed by atoms with Gasteiger partial charge in [-0.2, -0.15) is 13.2 Å². The first-order chi connectivity index (χ1) is 12.6. The first-order valence-corrected chi connectivity index (χ1v) is 9.31. The average Bonchev–Trinajstić information content (AvgIpc) is 3.11. The van der Waals surface area contributed by atoms with E-state index in [4.69, 9.17) is 9.84 Å². The Labute approximate surface area is 159 Å². The van der Waals surface area contributed by atoms with Crippen LogP contribution in [0.25, 0.3) is 0 Å². The van der Waals surface area contributed by atoms with Crippen LogP contribution in [-0.2, 0) is 18.2 Å². The van der Waals surface area contributed by atoms with Crippen LogP contribution in [0.2, 0.25) is 0 Å². The molecule has 0 aliphatic heterocycles. The molecule has 1 aromatic carbocycles. The molecule has 0 saturated carbocycles. The SMILES string of the molecule is CC(Cc1ccc(OCCO)cc1)NCC(C)(O)c1csc(C(F)(F)F)n1. The summed E-state index contributed by atoms with van der Waals surface area (Å²) in [6.07, 6.45) is -3.84. The van der Waals surface area contributed by atoms with Crippen molar-refractivity contribution in [3.05, 3.63) is 45.9 Å². The molecule has 0 aliphatic carbocycles. The van der Waals surface area contributed by atoms with Gasteiger partial charge in [-0.1, -0.05) is 12.1 Å². The first kappa shape index (κ1) is 21.6. The van der Waals surface area contributed by atoms with Crippen LogP contribution in [0.3, 0.4) is 0 Å². The number of alkyl halides is 3. The molecule has 2 rings (SSSR count). The molecule has 0 bridgehead atoms. The highest BCUT2D eigenvalue weighted by atomic mass is 32.1. The van der Waals surface area contributed by atoms with Crippen LogP contribution in [0.5, 0.6) is 5.75 Å². The van der Waals surface area contributed by atoms with E-state index in [-0.39, 0.29) is 31.5 Å². The van der Waals surface area contributed by atoms with Gasteiger partial charge in [0.1, 0.15) is 18.0 Å². The Balaban J connectivity index is 1.88. The molecule has 1 heterocycles. The number of halogens is 3. The van der Waals surface area contributed by atoms with Crippen LogP contribution < -0.4 is 10.1 Å². The van der Waals surface area contributed by atoms with Crippen molar-refractivity contribution in [2.75, 3.05) is 19.8 Å². The van der Waals surface area contributed by atoms with Crippen LogP contribution in [0, 0.1) is 0 Å². The van der Waals surface area contributed by atoms with Gasteiger partial charge in [-0.3, -0.25) is 0 Å². The second-order valence-electron chi connectivity index (χ2n) is 6.51. The summed E-state index contributed by atoms with van der Waals surface area (Å²) in [5, 5.41) is 22.6. The lowest BCUT2D eigenvalue weighted by Crippen LogP contribution is -2.40. The maximum absolute atomic E-state index is 12.7. The van der Waals surface area contributed by atoms with Crippen molar-refractivity contribution in [1.29, 1.82) is 0 Å². The third-order valence-electron chi connectivity index (χ3n) is 3.92. The second kappa shape index (κ2) is 9.01. The largest absolute Gasteiger partial charge is 0.491 e. The molecule has 3 N–H and O–H groups in total. The summed E-state index contributed by atoms with van der Waals surface area (Å²) in [6, 6.07) is 7.41. The van der Waals surface area contributed by atoms with Crippen molar-refractivity contribution in [3.63, 3.8) is 0 Å². The van der Waals surface area contributed by atoms with Gasteiger partial charge < -0.3 is 20.3 Å². The molecule has 1 aromatic heterocycles. The highest BCUT2D eigenvalue weighted by molar-refractivity contribution is 7.09. The zero-order chi connectivity index (χ0) is 20.1. The van der Waals surface area contributed by atoms with Crippen molar-refractivity contribution in [3.8, 4) is 5.75 Å². The molecule has 9 heteroatoms. The lowest BCUT2D eigenvalue weighted by Gasteiger charge is -2.24. The summed E-state index contributed by atoms with van der Waals surface area (Å²) in [6.45, 7) is 3.63. The standard InChI is InChI=1S/C18H23F3N2O3S/c1-12(9-13-3-5-14(6-4-13)26-8-7-24)22-11-17(2,25)15-10-27-16(23-15)18(19,20)21/h3-6,10,12,22,24-25H,7-9,11H2,1-2H3. The molecule has 0 spiro atoms. The molecule has 0 fully saturated rings. The predicted octanol–water partition coefficient (Wildman–Crippen LogP) is 2.96. The molecule has 150 valence electrons. The Hall–Kier alpha value is -1.68. The molecule has 27 heavy (non-hydrogen) atoms. The lowest BCUT2D eigenvalue weighted by atomic mass is 10.0. The van der Waals surface area contributed by atoms with E-state index < -0.39 is 16.8 Å². The number of aliphatic hydroxyl groups is 2. The molecular weight excluding hydrogens is 381 g/mol. The second-order valence-corrected chi connectivity index (χ2v) is 7.37. The van der Waals surface area contributed by atoms with E-state index >= 15 is 0 Å². The molecule has 0 saturated heterocycles. The molecule has 2 unspecified atom stereocenters. The third kappa shape index (κ3) is 6.46. The third-order valence-corrected chi connectivity index (χ3v) is 4.81. The fraction of sp³-hybridized carbons (Fsp3) is 0.500. The molecular formula is C18H23F3N2O3S. The van der Waals surface area contributed by atoms with Crippen molar-refractivity contribution >= 4 is 11.3 Å². The van der Waals surface area contributed by atoms with Crippen LogP contribution in [0.1, 0.15) is 30.1 Å². The quantitative estimate of drug-likeness (QED) is 0.599. The van der Waals surface area contributed by atoms with E-state index in [0.717, 1.165) is 5.56 Å². The van der Waals surface area contributed by atoms with Gasteiger partial charge in [-0.05, 0) is 38.0 Å². The number of thiazole rings is 1. The number of nitrogens with zero attached hydrogens (tertiary/aromatic N) is 1. The monoisotopic (exact) mass is 404 g/mol. The van der Waals surface area contributed by atoms with Gasteiger partial charge >= 0.3 is 6.18 Å². The fourth-order valence-electron chi connectivity index (χ4n) is 2.43. The molecule has 0 aliphatic rings. The number of aromatic nitrogens is 1. The smallest absolute Gasteiger partial charge is 0.443 e. The molecule has 5 nitrogen and oxygen atoms in total. The Morgan fingerprint density at radius 1 is 1.26 bits per heavy atom. The fourth-order valence-corrected chi connectivity index (χ4v) is 3.24. The molecule has 2 aromatic rings. The maximum Gasteiger partial charge on any atom is 0.443 e. The normalized spacial score (nSPS) is 15.4. The van der Waals surface area contributed by atoms with E-state index in [1.54, 1.807) is 0 Å². The molecule has 2 atom stereocenters. The van der Waals surface area contributed by atoms with Gasteiger partial charge in [0.2, 0.25) is 0 Å². The Bertz CT molecular complexity index is 717. The van der Waals surface area contributed by atoms with Gasteiger partial charge in [0.15, 0.2) is 5.01 Å². The van der Waals surface area contributed by atoms with Crippen LogP contribution in [0.4, 0.5) is 13.2 Å². The molecule has 0 radical (unpaired) electrons. The summed E-state index contributed by atoms with van der Waals surface area (Å²) in [5.41, 5.74) is -0.458. The van der Waals surface area contributed by atoms with Gasteiger partial charge in [-0.25, -0.2) is 4.98 Å². The van der Waals surface area contributed by atoms with Gasteiger partial charge in [0.25, 0.3) is 0 Å². The highest BCUT2D eigenvalue weighted by Crippen LogP contribution is 2.34. The zero-order valence-electron chi connectivity index (χ0n) is 15.1. The summed E-state index contributed by atoms with van der Waals surface area (Å²) < 4.78 is 43.3. The Morgan fingerprint density at radius 2 is 1.93 bits per heavy atom. The van der Waals surface area contributed by atoms with E-state index in [9.17, 15) is 18.3 Å². The Kier molecular flexibility index (Phi) is 7.21. The van der Waals surface area contributed by atoms with E-state index in [1.165, 1.54) is 12.3 Å².